The number of nitrogens with zero attached hydrogens (tertiary/aromatic N) is 1. The highest BCUT2D eigenvalue weighted by Crippen LogP contribution is 2.40. The van der Waals surface area contributed by atoms with Gasteiger partial charge in [0.15, 0.2) is 0 Å². The molecule has 0 aliphatic carbocycles. The predicted molar refractivity (Wildman–Crippen MR) is 81.2 cm³/mol. The first-order valence-electron chi connectivity index (χ1n) is 7.20. The number of nitrogens with one attached hydrogen (secondary N) is 1. The van der Waals surface area contributed by atoms with Crippen molar-refractivity contribution in [2.45, 2.75) is 51.7 Å². The summed E-state index contributed by atoms with van der Waals surface area (Å²) in [5.41, 5.74) is 2.72. The zero-order valence-corrected chi connectivity index (χ0v) is 12.7. The summed E-state index contributed by atoms with van der Waals surface area (Å²) in [6, 6.07) is 8.00. The summed E-state index contributed by atoms with van der Waals surface area (Å²) in [6.07, 6.45) is 2.25. The van der Waals surface area contributed by atoms with E-state index in [0.717, 1.165) is 18.6 Å². The third kappa shape index (κ3) is 2.71. The zero-order valence-electron chi connectivity index (χ0n) is 12.7. The van der Waals surface area contributed by atoms with E-state index in [9.17, 15) is 0 Å². The Morgan fingerprint density at radius 3 is 2.68 bits per heavy atom. The van der Waals surface area contributed by atoms with Gasteiger partial charge in [-0.1, -0.05) is 6.07 Å². The summed E-state index contributed by atoms with van der Waals surface area (Å²) in [6.45, 7) is 6.79. The van der Waals surface area contributed by atoms with Crippen LogP contribution in [0.15, 0.2) is 18.2 Å². The van der Waals surface area contributed by atoms with Crippen molar-refractivity contribution in [1.29, 1.82) is 0 Å². The minimum Gasteiger partial charge on any atom is -0.496 e. The SMILES string of the molecule is CNC(C)CC1Cc2c(OC)cccc2N1C(C)C. The van der Waals surface area contributed by atoms with Crippen molar-refractivity contribution in [3.8, 4) is 5.75 Å². The van der Waals surface area contributed by atoms with Crippen LogP contribution >= 0.6 is 0 Å². The molecule has 0 aromatic heterocycles. The molecule has 1 aromatic rings. The number of rotatable bonds is 5. The molecule has 0 radical (unpaired) electrons. The van der Waals surface area contributed by atoms with Crippen molar-refractivity contribution in [3.05, 3.63) is 23.8 Å². The van der Waals surface area contributed by atoms with E-state index in [1.165, 1.54) is 11.3 Å². The largest absolute Gasteiger partial charge is 0.496 e. The van der Waals surface area contributed by atoms with Crippen LogP contribution in [0, 0.1) is 0 Å². The highest BCUT2D eigenvalue weighted by molar-refractivity contribution is 5.65. The second-order valence-electron chi connectivity index (χ2n) is 5.74. The van der Waals surface area contributed by atoms with Crippen LogP contribution in [0.25, 0.3) is 0 Å². The van der Waals surface area contributed by atoms with Crippen molar-refractivity contribution in [2.75, 3.05) is 19.1 Å². The summed E-state index contributed by atoms with van der Waals surface area (Å²) < 4.78 is 5.52. The van der Waals surface area contributed by atoms with Gasteiger partial charge in [0.2, 0.25) is 0 Å². The Morgan fingerprint density at radius 2 is 2.11 bits per heavy atom. The number of anilines is 1. The van der Waals surface area contributed by atoms with Gasteiger partial charge in [0.25, 0.3) is 0 Å². The minimum absolute atomic E-state index is 0.516. The maximum absolute atomic E-state index is 5.52. The van der Waals surface area contributed by atoms with E-state index < -0.39 is 0 Å². The highest BCUT2D eigenvalue weighted by atomic mass is 16.5. The smallest absolute Gasteiger partial charge is 0.124 e. The Morgan fingerprint density at radius 1 is 1.37 bits per heavy atom. The quantitative estimate of drug-likeness (QED) is 0.883. The lowest BCUT2D eigenvalue weighted by molar-refractivity contribution is 0.408. The first-order chi connectivity index (χ1) is 9.08. The van der Waals surface area contributed by atoms with Gasteiger partial charge >= 0.3 is 0 Å². The van der Waals surface area contributed by atoms with Gasteiger partial charge in [-0.25, -0.2) is 0 Å². The summed E-state index contributed by atoms with van der Waals surface area (Å²) in [7, 11) is 3.80. The van der Waals surface area contributed by atoms with E-state index >= 15 is 0 Å². The van der Waals surface area contributed by atoms with Crippen molar-refractivity contribution in [3.63, 3.8) is 0 Å². The standard InChI is InChI=1S/C16H26N2O/c1-11(2)18-13(9-12(3)17-4)10-14-15(18)7-6-8-16(14)19-5/h6-8,11-13,17H,9-10H2,1-5H3. The second kappa shape index (κ2) is 5.83. The normalized spacial score (nSPS) is 19.7. The first-order valence-corrected chi connectivity index (χ1v) is 7.20. The molecule has 2 rings (SSSR count). The van der Waals surface area contributed by atoms with Crippen LogP contribution in [0.4, 0.5) is 5.69 Å². The Hall–Kier alpha value is -1.22. The fraction of sp³-hybridized carbons (Fsp3) is 0.625. The molecule has 0 bridgehead atoms. The average Bonchev–Trinajstić information content (AvgIpc) is 2.76. The minimum atomic E-state index is 0.516. The van der Waals surface area contributed by atoms with Gasteiger partial charge < -0.3 is 15.0 Å². The van der Waals surface area contributed by atoms with Crippen LogP contribution in [-0.2, 0) is 6.42 Å². The maximum Gasteiger partial charge on any atom is 0.124 e. The van der Waals surface area contributed by atoms with Crippen LogP contribution in [-0.4, -0.2) is 32.3 Å². The molecule has 1 heterocycles. The number of benzene rings is 1. The van der Waals surface area contributed by atoms with Crippen LogP contribution in [0.2, 0.25) is 0 Å². The number of fused-ring (bicyclic) bond motifs is 1. The van der Waals surface area contributed by atoms with Crippen molar-refractivity contribution >= 4 is 5.69 Å². The van der Waals surface area contributed by atoms with Gasteiger partial charge in [-0.2, -0.15) is 0 Å². The Labute approximate surface area is 116 Å². The molecule has 0 spiro atoms. The van der Waals surface area contributed by atoms with E-state index in [1.54, 1.807) is 7.11 Å². The van der Waals surface area contributed by atoms with E-state index in [-0.39, 0.29) is 0 Å². The molecule has 3 heteroatoms. The Kier molecular flexibility index (Phi) is 4.35. The van der Waals surface area contributed by atoms with Crippen LogP contribution in [0.5, 0.6) is 5.75 Å². The summed E-state index contributed by atoms with van der Waals surface area (Å²) in [4.78, 5) is 2.55. The molecular formula is C16H26N2O. The van der Waals surface area contributed by atoms with E-state index in [4.69, 9.17) is 4.74 Å². The fourth-order valence-corrected chi connectivity index (χ4v) is 3.15. The molecule has 1 aliphatic rings. The van der Waals surface area contributed by atoms with Gasteiger partial charge in [-0.05, 0) is 52.8 Å². The van der Waals surface area contributed by atoms with Gasteiger partial charge in [0.05, 0.1) is 7.11 Å². The third-order valence-corrected chi connectivity index (χ3v) is 4.11. The van der Waals surface area contributed by atoms with Crippen LogP contribution in [0.3, 0.4) is 0 Å². The van der Waals surface area contributed by atoms with E-state index in [2.05, 4.69) is 49.2 Å². The molecule has 2 unspecified atom stereocenters. The molecule has 1 aliphatic heterocycles. The molecule has 19 heavy (non-hydrogen) atoms. The summed E-state index contributed by atoms with van der Waals surface area (Å²) >= 11 is 0. The number of hydrogen-bond donors (Lipinski definition) is 1. The second-order valence-corrected chi connectivity index (χ2v) is 5.74. The van der Waals surface area contributed by atoms with Crippen molar-refractivity contribution in [1.82, 2.24) is 5.32 Å². The topological polar surface area (TPSA) is 24.5 Å². The Bertz CT molecular complexity index is 431. The molecule has 0 amide bonds. The lowest BCUT2D eigenvalue weighted by Gasteiger charge is -2.33. The fourth-order valence-electron chi connectivity index (χ4n) is 3.15. The average molecular weight is 262 g/mol. The van der Waals surface area contributed by atoms with Gasteiger partial charge in [0.1, 0.15) is 5.75 Å². The van der Waals surface area contributed by atoms with Gasteiger partial charge in [-0.3, -0.25) is 0 Å². The number of methoxy groups -OCH3 is 1. The lowest BCUT2D eigenvalue weighted by atomic mass is 10.0. The number of ether oxygens (including phenoxy) is 1. The molecular weight excluding hydrogens is 236 g/mol. The predicted octanol–water partition coefficient (Wildman–Crippen LogP) is 2.83. The van der Waals surface area contributed by atoms with Gasteiger partial charge in [-0.15, -0.1) is 0 Å². The van der Waals surface area contributed by atoms with Crippen molar-refractivity contribution in [2.24, 2.45) is 0 Å². The molecule has 3 nitrogen and oxygen atoms in total. The zero-order chi connectivity index (χ0) is 14.0. The van der Waals surface area contributed by atoms with Crippen molar-refractivity contribution < 1.29 is 4.74 Å². The third-order valence-electron chi connectivity index (χ3n) is 4.11. The van der Waals surface area contributed by atoms with Crippen LogP contribution < -0.4 is 15.0 Å². The molecule has 0 saturated heterocycles. The molecule has 0 saturated carbocycles. The summed E-state index contributed by atoms with van der Waals surface area (Å²) in [5, 5.41) is 3.35. The molecule has 0 fully saturated rings. The lowest BCUT2D eigenvalue weighted by Crippen LogP contribution is -2.41. The molecule has 1 aromatic carbocycles. The molecule has 106 valence electrons. The van der Waals surface area contributed by atoms with E-state index in [0.29, 0.717) is 18.1 Å². The monoisotopic (exact) mass is 262 g/mol. The molecule has 2 atom stereocenters. The first kappa shape index (κ1) is 14.2. The van der Waals surface area contributed by atoms with E-state index in [1.807, 2.05) is 7.05 Å². The van der Waals surface area contributed by atoms with Crippen LogP contribution in [0.1, 0.15) is 32.8 Å². The maximum atomic E-state index is 5.52. The highest BCUT2D eigenvalue weighted by Gasteiger charge is 2.33. The van der Waals surface area contributed by atoms with Gasteiger partial charge in [0, 0.05) is 29.4 Å². The number of hydrogen-bond acceptors (Lipinski definition) is 3. The Balaban J connectivity index is 2.31. The molecule has 1 N–H and O–H groups in total. The summed E-state index contributed by atoms with van der Waals surface area (Å²) in [5.74, 6) is 1.03.